The van der Waals surface area contributed by atoms with Crippen molar-refractivity contribution in [2.75, 3.05) is 0 Å². The SMILES string of the molecule is c1ccc(-c2ccc3cc(-c4cc(-c5ccc(-c6cc7ccccc7o6)cc5)nc(-c5ccccc5-c5ccccc5)n4)ccc3c2)cc1. The molecule has 0 N–H and O–H groups in total. The zero-order chi connectivity index (χ0) is 32.6. The number of rotatable bonds is 6. The lowest BCUT2D eigenvalue weighted by Gasteiger charge is -2.13. The van der Waals surface area contributed by atoms with E-state index in [2.05, 4.69) is 158 Å². The monoisotopic (exact) mass is 626 g/mol. The van der Waals surface area contributed by atoms with Gasteiger partial charge in [-0.2, -0.15) is 0 Å². The molecular weight excluding hydrogens is 597 g/mol. The van der Waals surface area contributed by atoms with Crippen molar-refractivity contribution in [3.05, 3.63) is 182 Å². The number of nitrogens with zero attached hydrogens (tertiary/aromatic N) is 2. The fourth-order valence-corrected chi connectivity index (χ4v) is 6.56. The van der Waals surface area contributed by atoms with Crippen LogP contribution in [0.15, 0.2) is 186 Å². The van der Waals surface area contributed by atoms with Gasteiger partial charge < -0.3 is 4.42 Å². The summed E-state index contributed by atoms with van der Waals surface area (Å²) in [6, 6.07) is 63.3. The van der Waals surface area contributed by atoms with E-state index in [1.807, 2.05) is 24.3 Å². The number of aromatic nitrogens is 2. The number of fused-ring (bicyclic) bond motifs is 2. The Balaban J connectivity index is 1.16. The molecule has 9 rings (SSSR count). The highest BCUT2D eigenvalue weighted by Crippen LogP contribution is 2.36. The van der Waals surface area contributed by atoms with E-state index in [1.54, 1.807) is 0 Å². The van der Waals surface area contributed by atoms with E-state index in [4.69, 9.17) is 14.4 Å². The minimum atomic E-state index is 0.688. The zero-order valence-corrected chi connectivity index (χ0v) is 26.6. The van der Waals surface area contributed by atoms with Crippen molar-refractivity contribution in [2.45, 2.75) is 0 Å². The molecule has 2 aromatic heterocycles. The van der Waals surface area contributed by atoms with Crippen LogP contribution in [-0.2, 0) is 0 Å². The highest BCUT2D eigenvalue weighted by Gasteiger charge is 2.15. The quantitative estimate of drug-likeness (QED) is 0.184. The molecule has 0 bridgehead atoms. The molecule has 0 atom stereocenters. The Morgan fingerprint density at radius 2 is 0.878 bits per heavy atom. The summed E-state index contributed by atoms with van der Waals surface area (Å²) in [4.78, 5) is 10.4. The second-order valence-electron chi connectivity index (χ2n) is 12.2. The third-order valence-electron chi connectivity index (χ3n) is 9.11. The van der Waals surface area contributed by atoms with Crippen LogP contribution in [0.3, 0.4) is 0 Å². The van der Waals surface area contributed by atoms with Crippen molar-refractivity contribution >= 4 is 21.7 Å². The van der Waals surface area contributed by atoms with Crippen LogP contribution in [0.5, 0.6) is 0 Å². The number of hydrogen-bond acceptors (Lipinski definition) is 3. The molecule has 3 heteroatoms. The maximum Gasteiger partial charge on any atom is 0.161 e. The van der Waals surface area contributed by atoms with E-state index >= 15 is 0 Å². The molecule has 0 aliphatic heterocycles. The van der Waals surface area contributed by atoms with Crippen LogP contribution in [0.1, 0.15) is 0 Å². The van der Waals surface area contributed by atoms with Crippen LogP contribution in [0.2, 0.25) is 0 Å². The highest BCUT2D eigenvalue weighted by molar-refractivity contribution is 5.91. The topological polar surface area (TPSA) is 38.9 Å². The molecule has 0 saturated carbocycles. The molecule has 0 fully saturated rings. The highest BCUT2D eigenvalue weighted by atomic mass is 16.3. The minimum absolute atomic E-state index is 0.688. The van der Waals surface area contributed by atoms with Crippen molar-refractivity contribution in [3.8, 4) is 67.5 Å². The van der Waals surface area contributed by atoms with Crippen molar-refractivity contribution in [1.82, 2.24) is 9.97 Å². The van der Waals surface area contributed by atoms with Gasteiger partial charge in [-0.3, -0.25) is 0 Å². The minimum Gasteiger partial charge on any atom is -0.456 e. The van der Waals surface area contributed by atoms with Gasteiger partial charge in [-0.05, 0) is 63.4 Å². The van der Waals surface area contributed by atoms with Crippen molar-refractivity contribution in [1.29, 1.82) is 0 Å². The maximum atomic E-state index is 6.15. The van der Waals surface area contributed by atoms with Crippen molar-refractivity contribution < 1.29 is 4.42 Å². The molecule has 2 heterocycles. The number of benzene rings is 7. The second kappa shape index (κ2) is 12.2. The molecule has 230 valence electrons. The molecule has 0 amide bonds. The first-order chi connectivity index (χ1) is 24.2. The number of furan rings is 1. The predicted molar refractivity (Wildman–Crippen MR) is 202 cm³/mol. The Bertz CT molecular complexity index is 2550. The summed E-state index contributed by atoms with van der Waals surface area (Å²) < 4.78 is 6.15. The Kier molecular flexibility index (Phi) is 7.14. The van der Waals surface area contributed by atoms with Gasteiger partial charge in [0.25, 0.3) is 0 Å². The van der Waals surface area contributed by atoms with Gasteiger partial charge in [-0.25, -0.2) is 9.97 Å². The van der Waals surface area contributed by atoms with Gasteiger partial charge in [0.15, 0.2) is 5.82 Å². The lowest BCUT2D eigenvalue weighted by atomic mass is 9.97. The standard InChI is InChI=1S/C46H30N2O/c1-3-11-31(12-4-1)35-23-24-37-28-38(26-25-36(37)27-35)43-30-42(33-19-21-34(22-20-33)45-29-39-15-7-10-18-44(39)49-45)47-46(48-43)41-17-9-8-16-40(41)32-13-5-2-6-14-32/h1-30H. The summed E-state index contributed by atoms with van der Waals surface area (Å²) in [7, 11) is 0. The van der Waals surface area contributed by atoms with Crippen LogP contribution in [0.4, 0.5) is 0 Å². The van der Waals surface area contributed by atoms with Gasteiger partial charge >= 0.3 is 0 Å². The molecular formula is C46H30N2O. The maximum absolute atomic E-state index is 6.15. The number of para-hydroxylation sites is 1. The van der Waals surface area contributed by atoms with E-state index < -0.39 is 0 Å². The zero-order valence-electron chi connectivity index (χ0n) is 26.6. The molecule has 0 unspecified atom stereocenters. The van der Waals surface area contributed by atoms with Gasteiger partial charge in [-0.15, -0.1) is 0 Å². The molecule has 3 nitrogen and oxygen atoms in total. The smallest absolute Gasteiger partial charge is 0.161 e. The Morgan fingerprint density at radius 3 is 1.61 bits per heavy atom. The van der Waals surface area contributed by atoms with E-state index in [-0.39, 0.29) is 0 Å². The largest absolute Gasteiger partial charge is 0.456 e. The fraction of sp³-hybridized carbons (Fsp3) is 0. The van der Waals surface area contributed by atoms with E-state index in [1.165, 1.54) is 21.9 Å². The number of hydrogen-bond donors (Lipinski definition) is 0. The Morgan fingerprint density at radius 1 is 0.327 bits per heavy atom. The molecule has 0 spiro atoms. The summed E-state index contributed by atoms with van der Waals surface area (Å²) >= 11 is 0. The van der Waals surface area contributed by atoms with Gasteiger partial charge in [0.1, 0.15) is 11.3 Å². The first kappa shape index (κ1) is 28.6. The van der Waals surface area contributed by atoms with Gasteiger partial charge in [0.2, 0.25) is 0 Å². The molecule has 0 radical (unpaired) electrons. The summed E-state index contributed by atoms with van der Waals surface area (Å²) in [6.45, 7) is 0. The lowest BCUT2D eigenvalue weighted by molar-refractivity contribution is 0.631. The third kappa shape index (κ3) is 5.58. The average molecular weight is 627 g/mol. The van der Waals surface area contributed by atoms with Crippen LogP contribution in [-0.4, -0.2) is 9.97 Å². The van der Waals surface area contributed by atoms with Crippen LogP contribution >= 0.6 is 0 Å². The van der Waals surface area contributed by atoms with Gasteiger partial charge in [-0.1, -0.05) is 152 Å². The average Bonchev–Trinajstić information content (AvgIpc) is 3.63. The summed E-state index contributed by atoms with van der Waals surface area (Å²) in [5.41, 5.74) is 11.3. The van der Waals surface area contributed by atoms with Crippen LogP contribution < -0.4 is 0 Å². The van der Waals surface area contributed by atoms with Gasteiger partial charge in [0.05, 0.1) is 11.4 Å². The van der Waals surface area contributed by atoms with E-state index in [9.17, 15) is 0 Å². The second-order valence-corrected chi connectivity index (χ2v) is 12.2. The predicted octanol–water partition coefficient (Wildman–Crippen LogP) is 12.4. The van der Waals surface area contributed by atoms with Crippen LogP contribution in [0, 0.1) is 0 Å². The first-order valence-corrected chi connectivity index (χ1v) is 16.5. The Hall–Kier alpha value is -6.58. The summed E-state index contributed by atoms with van der Waals surface area (Å²) in [5.74, 6) is 1.54. The molecule has 0 aliphatic rings. The molecule has 0 saturated heterocycles. The molecule has 9 aromatic rings. The van der Waals surface area contributed by atoms with Crippen molar-refractivity contribution in [3.63, 3.8) is 0 Å². The molecule has 0 aliphatic carbocycles. The summed E-state index contributed by atoms with van der Waals surface area (Å²) in [5, 5.41) is 3.45. The van der Waals surface area contributed by atoms with Crippen LogP contribution in [0.25, 0.3) is 89.2 Å². The molecule has 49 heavy (non-hydrogen) atoms. The Labute approximate surface area is 284 Å². The van der Waals surface area contributed by atoms with Crippen molar-refractivity contribution in [2.24, 2.45) is 0 Å². The fourth-order valence-electron chi connectivity index (χ4n) is 6.56. The lowest BCUT2D eigenvalue weighted by Crippen LogP contribution is -1.97. The first-order valence-electron chi connectivity index (χ1n) is 16.5. The normalized spacial score (nSPS) is 11.3. The summed E-state index contributed by atoms with van der Waals surface area (Å²) in [6.07, 6.45) is 0. The van der Waals surface area contributed by atoms with E-state index in [0.717, 1.165) is 61.5 Å². The van der Waals surface area contributed by atoms with Gasteiger partial charge in [0, 0.05) is 27.6 Å². The molecule has 7 aromatic carbocycles. The third-order valence-corrected chi connectivity index (χ3v) is 9.11. The van der Waals surface area contributed by atoms with E-state index in [0.29, 0.717) is 5.82 Å².